The first-order valence-corrected chi connectivity index (χ1v) is 5.02. The summed E-state index contributed by atoms with van der Waals surface area (Å²) in [5.74, 6) is -1.56. The average Bonchev–Trinajstić information content (AvgIpc) is 2.00. The van der Waals surface area contributed by atoms with Gasteiger partial charge in [-0.05, 0) is 6.07 Å². The van der Waals surface area contributed by atoms with Crippen molar-refractivity contribution in [2.24, 2.45) is 5.14 Å². The van der Waals surface area contributed by atoms with Crippen molar-refractivity contribution in [2.75, 3.05) is 0 Å². The van der Waals surface area contributed by atoms with Gasteiger partial charge in [-0.1, -0.05) is 0 Å². The molecular weight excluding hydrogens is 237 g/mol. The minimum absolute atomic E-state index is 0.216. The number of sulfonamides is 1. The van der Waals surface area contributed by atoms with Gasteiger partial charge >= 0.3 is 0 Å². The largest absolute Gasteiger partial charge is 0.297 e. The Balaban J connectivity index is 3.58. The second-order valence-electron chi connectivity index (χ2n) is 2.58. The van der Waals surface area contributed by atoms with Gasteiger partial charge in [0, 0.05) is 0 Å². The second-order valence-corrected chi connectivity index (χ2v) is 4.11. The fourth-order valence-electron chi connectivity index (χ4n) is 0.873. The van der Waals surface area contributed by atoms with Crippen LogP contribution in [0.3, 0.4) is 0 Å². The number of pyridine rings is 1. The monoisotopic (exact) mass is 242 g/mol. The third-order valence-corrected chi connectivity index (χ3v) is 2.44. The van der Waals surface area contributed by atoms with Gasteiger partial charge in [0.2, 0.25) is 16.0 Å². The number of hydrogen-bond donors (Lipinski definition) is 2. The lowest BCUT2D eigenvalue weighted by Gasteiger charge is -2.03. The molecule has 1 heterocycles. The van der Waals surface area contributed by atoms with Crippen LogP contribution in [0.4, 0.5) is 13.2 Å². The van der Waals surface area contributed by atoms with Crippen molar-refractivity contribution in [1.29, 1.82) is 0 Å². The summed E-state index contributed by atoms with van der Waals surface area (Å²) in [5.41, 5.74) is -2.55. The fourth-order valence-corrected chi connectivity index (χ4v) is 1.46. The standard InChI is InChI=1S/C6H5F3N2O3S/c7-4(8)2-1-3(15(10,13)14)5(9)11-6(2)12/h1,4H,(H,11,12)(H2,10,13,14). The molecule has 0 aromatic carbocycles. The highest BCUT2D eigenvalue weighted by atomic mass is 32.2. The summed E-state index contributed by atoms with van der Waals surface area (Å²) >= 11 is 0. The SMILES string of the molecule is NS(=O)(=O)c1cc(C(F)F)c(=O)[nH]c1F. The van der Waals surface area contributed by atoms with Crippen LogP contribution in [-0.4, -0.2) is 13.4 Å². The van der Waals surface area contributed by atoms with Crippen LogP contribution >= 0.6 is 0 Å². The molecule has 0 fully saturated rings. The molecule has 0 unspecified atom stereocenters. The maximum atomic E-state index is 12.8. The maximum Gasteiger partial charge on any atom is 0.269 e. The Hall–Kier alpha value is -1.35. The lowest BCUT2D eigenvalue weighted by molar-refractivity contribution is 0.149. The number of H-pyrrole nitrogens is 1. The van der Waals surface area contributed by atoms with Gasteiger partial charge in [-0.2, -0.15) is 4.39 Å². The first-order valence-electron chi connectivity index (χ1n) is 3.47. The minimum atomic E-state index is -4.48. The molecule has 0 bridgehead atoms. The molecule has 0 atom stereocenters. The Morgan fingerprint density at radius 2 is 1.93 bits per heavy atom. The molecule has 0 saturated carbocycles. The summed E-state index contributed by atoms with van der Waals surface area (Å²) < 4.78 is 58.6. The van der Waals surface area contributed by atoms with E-state index < -0.39 is 38.4 Å². The Bertz CT molecular complexity index is 537. The molecule has 0 amide bonds. The van der Waals surface area contributed by atoms with E-state index >= 15 is 0 Å². The van der Waals surface area contributed by atoms with E-state index in [0.29, 0.717) is 0 Å². The normalized spacial score (nSPS) is 12.1. The van der Waals surface area contributed by atoms with Crippen molar-refractivity contribution >= 4 is 10.0 Å². The van der Waals surface area contributed by atoms with Crippen LogP contribution in [0.1, 0.15) is 12.0 Å². The van der Waals surface area contributed by atoms with E-state index in [2.05, 4.69) is 5.14 Å². The van der Waals surface area contributed by atoms with Crippen LogP contribution in [0.25, 0.3) is 0 Å². The minimum Gasteiger partial charge on any atom is -0.297 e. The average molecular weight is 242 g/mol. The Morgan fingerprint density at radius 3 is 2.33 bits per heavy atom. The first kappa shape index (κ1) is 11.7. The number of rotatable bonds is 2. The number of alkyl halides is 2. The molecule has 15 heavy (non-hydrogen) atoms. The number of hydrogen-bond acceptors (Lipinski definition) is 3. The second kappa shape index (κ2) is 3.66. The van der Waals surface area contributed by atoms with Crippen molar-refractivity contribution in [3.05, 3.63) is 27.9 Å². The summed E-state index contributed by atoms with van der Waals surface area (Å²) in [5, 5.41) is 4.54. The van der Waals surface area contributed by atoms with Gasteiger partial charge in [0.1, 0.15) is 4.90 Å². The zero-order valence-electron chi connectivity index (χ0n) is 7.00. The van der Waals surface area contributed by atoms with Crippen LogP contribution in [0, 0.1) is 5.95 Å². The van der Waals surface area contributed by atoms with Crippen LogP contribution < -0.4 is 10.7 Å². The maximum absolute atomic E-state index is 12.8. The van der Waals surface area contributed by atoms with E-state index in [1.165, 1.54) is 4.98 Å². The molecule has 5 nitrogen and oxygen atoms in total. The van der Waals surface area contributed by atoms with E-state index in [0.717, 1.165) is 0 Å². The molecule has 0 spiro atoms. The quantitative estimate of drug-likeness (QED) is 0.720. The highest BCUT2D eigenvalue weighted by Crippen LogP contribution is 2.18. The molecule has 1 aromatic heterocycles. The molecule has 0 aliphatic carbocycles. The predicted molar refractivity (Wildman–Crippen MR) is 43.4 cm³/mol. The van der Waals surface area contributed by atoms with Gasteiger partial charge < -0.3 is 0 Å². The zero-order chi connectivity index (χ0) is 11.8. The van der Waals surface area contributed by atoms with Gasteiger partial charge in [0.05, 0.1) is 5.56 Å². The van der Waals surface area contributed by atoms with E-state index in [9.17, 15) is 26.4 Å². The molecule has 0 aliphatic heterocycles. The van der Waals surface area contributed by atoms with E-state index in [1.807, 2.05) is 0 Å². The van der Waals surface area contributed by atoms with Crippen LogP contribution in [0.5, 0.6) is 0 Å². The Kier molecular flexibility index (Phi) is 2.86. The lowest BCUT2D eigenvalue weighted by atomic mass is 10.3. The van der Waals surface area contributed by atoms with Crippen LogP contribution in [-0.2, 0) is 10.0 Å². The molecule has 0 saturated heterocycles. The van der Waals surface area contributed by atoms with Crippen molar-refractivity contribution in [1.82, 2.24) is 4.98 Å². The molecule has 0 radical (unpaired) electrons. The molecule has 1 rings (SSSR count). The summed E-state index contributed by atoms with van der Waals surface area (Å²) in [4.78, 5) is 10.9. The third kappa shape index (κ3) is 2.36. The summed E-state index contributed by atoms with van der Waals surface area (Å²) in [6, 6.07) is 0.216. The van der Waals surface area contributed by atoms with Gasteiger partial charge in [0.15, 0.2) is 0 Å². The number of nitrogens with two attached hydrogens (primary N) is 1. The molecule has 0 aliphatic rings. The molecular formula is C6H5F3N2O3S. The number of aromatic nitrogens is 1. The third-order valence-electron chi connectivity index (χ3n) is 1.53. The van der Waals surface area contributed by atoms with Crippen molar-refractivity contribution in [3.8, 4) is 0 Å². The van der Waals surface area contributed by atoms with Gasteiger partial charge in [-0.3, -0.25) is 9.78 Å². The Morgan fingerprint density at radius 1 is 1.40 bits per heavy atom. The number of halogens is 3. The number of aromatic amines is 1. The van der Waals surface area contributed by atoms with Crippen molar-refractivity contribution < 1.29 is 21.6 Å². The van der Waals surface area contributed by atoms with Crippen molar-refractivity contribution in [3.63, 3.8) is 0 Å². The predicted octanol–water partition coefficient (Wildman–Crippen LogP) is 0.0990. The molecule has 84 valence electrons. The van der Waals surface area contributed by atoms with E-state index in [1.54, 1.807) is 0 Å². The number of primary sulfonamides is 1. The lowest BCUT2D eigenvalue weighted by Crippen LogP contribution is -2.21. The molecule has 3 N–H and O–H groups in total. The topological polar surface area (TPSA) is 93.0 Å². The smallest absolute Gasteiger partial charge is 0.269 e. The van der Waals surface area contributed by atoms with Crippen LogP contribution in [0.2, 0.25) is 0 Å². The highest BCUT2D eigenvalue weighted by molar-refractivity contribution is 7.89. The van der Waals surface area contributed by atoms with Crippen molar-refractivity contribution in [2.45, 2.75) is 11.3 Å². The van der Waals surface area contributed by atoms with Gasteiger partial charge in [-0.15, -0.1) is 0 Å². The molecule has 1 aromatic rings. The summed E-state index contributed by atoms with van der Waals surface area (Å²) in [6.07, 6.45) is -3.21. The summed E-state index contributed by atoms with van der Waals surface area (Å²) in [6.45, 7) is 0. The first-order chi connectivity index (χ1) is 6.73. The summed E-state index contributed by atoms with van der Waals surface area (Å²) in [7, 11) is -4.48. The van der Waals surface area contributed by atoms with Gasteiger partial charge in [0.25, 0.3) is 12.0 Å². The number of nitrogens with one attached hydrogen (secondary N) is 1. The van der Waals surface area contributed by atoms with E-state index in [-0.39, 0.29) is 6.07 Å². The molecule has 9 heteroatoms. The zero-order valence-corrected chi connectivity index (χ0v) is 7.82. The van der Waals surface area contributed by atoms with Gasteiger partial charge in [-0.25, -0.2) is 22.3 Å². The van der Waals surface area contributed by atoms with Crippen LogP contribution in [0.15, 0.2) is 15.8 Å². The fraction of sp³-hybridized carbons (Fsp3) is 0.167. The highest BCUT2D eigenvalue weighted by Gasteiger charge is 2.21. The Labute approximate surface area is 81.8 Å². The van der Waals surface area contributed by atoms with E-state index in [4.69, 9.17) is 0 Å².